The SMILES string of the molecule is Cc1cccc(N2CCN(S(=O)(=O)c3ccsc3C(=O)n3nc(C)cc3C)CC2)c1. The van der Waals surface area contributed by atoms with Crippen LogP contribution in [0.5, 0.6) is 0 Å². The Hall–Kier alpha value is -2.49. The highest BCUT2D eigenvalue weighted by atomic mass is 32.2. The summed E-state index contributed by atoms with van der Waals surface area (Å²) in [5.41, 5.74) is 3.67. The Labute approximate surface area is 180 Å². The van der Waals surface area contributed by atoms with E-state index in [0.29, 0.717) is 37.6 Å². The van der Waals surface area contributed by atoms with E-state index in [1.165, 1.54) is 20.6 Å². The van der Waals surface area contributed by atoms with Crippen LogP contribution in [0, 0.1) is 20.8 Å². The number of carbonyl (C=O) groups excluding carboxylic acids is 1. The predicted octanol–water partition coefficient (Wildman–Crippen LogP) is 3.07. The van der Waals surface area contributed by atoms with Gasteiger partial charge in [0.25, 0.3) is 5.91 Å². The first kappa shape index (κ1) is 20.8. The monoisotopic (exact) mass is 444 g/mol. The quantitative estimate of drug-likeness (QED) is 0.618. The maximum absolute atomic E-state index is 13.3. The van der Waals surface area contributed by atoms with Gasteiger partial charge in [-0.05, 0) is 56.0 Å². The molecule has 7 nitrogen and oxygen atoms in total. The summed E-state index contributed by atoms with van der Waals surface area (Å²) in [4.78, 5) is 15.4. The third-order valence-corrected chi connectivity index (χ3v) is 8.22. The summed E-state index contributed by atoms with van der Waals surface area (Å²) < 4.78 is 29.4. The molecule has 3 heterocycles. The lowest BCUT2D eigenvalue weighted by molar-refractivity contribution is 0.0943. The van der Waals surface area contributed by atoms with Crippen LogP contribution in [0.25, 0.3) is 0 Å². The molecule has 1 aromatic carbocycles. The molecule has 0 saturated carbocycles. The molecule has 0 unspecified atom stereocenters. The van der Waals surface area contributed by atoms with E-state index < -0.39 is 15.9 Å². The van der Waals surface area contributed by atoms with Crippen molar-refractivity contribution in [2.75, 3.05) is 31.1 Å². The second-order valence-electron chi connectivity index (χ2n) is 7.49. The highest BCUT2D eigenvalue weighted by molar-refractivity contribution is 7.89. The number of sulfonamides is 1. The van der Waals surface area contributed by atoms with Crippen molar-refractivity contribution in [1.82, 2.24) is 14.1 Å². The first-order chi connectivity index (χ1) is 14.3. The molecule has 0 radical (unpaired) electrons. The van der Waals surface area contributed by atoms with E-state index in [0.717, 1.165) is 17.0 Å². The first-order valence-electron chi connectivity index (χ1n) is 9.74. The predicted molar refractivity (Wildman–Crippen MR) is 118 cm³/mol. The Morgan fingerprint density at radius 3 is 2.40 bits per heavy atom. The molecule has 0 atom stereocenters. The summed E-state index contributed by atoms with van der Waals surface area (Å²) >= 11 is 1.13. The van der Waals surface area contributed by atoms with Crippen molar-refractivity contribution in [1.29, 1.82) is 0 Å². The number of carbonyl (C=O) groups is 1. The van der Waals surface area contributed by atoms with Crippen LogP contribution < -0.4 is 4.90 Å². The number of aromatic nitrogens is 2. The van der Waals surface area contributed by atoms with Crippen LogP contribution in [0.15, 0.2) is 46.7 Å². The van der Waals surface area contributed by atoms with Gasteiger partial charge in [0.05, 0.1) is 5.69 Å². The minimum Gasteiger partial charge on any atom is -0.369 e. The van der Waals surface area contributed by atoms with Gasteiger partial charge < -0.3 is 4.90 Å². The highest BCUT2D eigenvalue weighted by Gasteiger charge is 2.33. The van der Waals surface area contributed by atoms with Crippen LogP contribution in [-0.4, -0.2) is 54.6 Å². The Bertz CT molecular complexity index is 1190. The van der Waals surface area contributed by atoms with Crippen molar-refractivity contribution in [2.45, 2.75) is 25.7 Å². The lowest BCUT2D eigenvalue weighted by Gasteiger charge is -2.35. The third kappa shape index (κ3) is 3.80. The maximum Gasteiger partial charge on any atom is 0.289 e. The van der Waals surface area contributed by atoms with Crippen molar-refractivity contribution in [3.63, 3.8) is 0 Å². The van der Waals surface area contributed by atoms with Crippen molar-refractivity contribution in [2.24, 2.45) is 0 Å². The topological polar surface area (TPSA) is 75.5 Å². The molecule has 30 heavy (non-hydrogen) atoms. The fraction of sp³-hybridized carbons (Fsp3) is 0.333. The van der Waals surface area contributed by atoms with Crippen LogP contribution in [0.1, 0.15) is 26.6 Å². The van der Waals surface area contributed by atoms with Gasteiger partial charge in [0.1, 0.15) is 9.77 Å². The van der Waals surface area contributed by atoms with Gasteiger partial charge in [-0.15, -0.1) is 11.3 Å². The molecule has 9 heteroatoms. The van der Waals surface area contributed by atoms with Gasteiger partial charge in [-0.25, -0.2) is 13.1 Å². The molecule has 0 bridgehead atoms. The van der Waals surface area contributed by atoms with Crippen molar-refractivity contribution >= 4 is 33.0 Å². The number of piperazine rings is 1. The molecule has 158 valence electrons. The van der Waals surface area contributed by atoms with Gasteiger partial charge in [-0.1, -0.05) is 12.1 Å². The second kappa shape index (κ2) is 7.98. The minimum absolute atomic E-state index is 0.0639. The summed E-state index contributed by atoms with van der Waals surface area (Å²) in [6.45, 7) is 7.59. The van der Waals surface area contributed by atoms with E-state index in [-0.39, 0.29) is 9.77 Å². The first-order valence-corrected chi connectivity index (χ1v) is 12.1. The van der Waals surface area contributed by atoms with Gasteiger partial charge in [-0.2, -0.15) is 9.40 Å². The highest BCUT2D eigenvalue weighted by Crippen LogP contribution is 2.28. The van der Waals surface area contributed by atoms with Crippen LogP contribution in [0.2, 0.25) is 0 Å². The Kier molecular flexibility index (Phi) is 5.52. The van der Waals surface area contributed by atoms with E-state index in [2.05, 4.69) is 16.1 Å². The lowest BCUT2D eigenvalue weighted by atomic mass is 10.2. The summed E-state index contributed by atoms with van der Waals surface area (Å²) in [5.74, 6) is -0.410. The van der Waals surface area contributed by atoms with E-state index in [1.54, 1.807) is 25.3 Å². The van der Waals surface area contributed by atoms with Crippen LogP contribution in [0.4, 0.5) is 5.69 Å². The van der Waals surface area contributed by atoms with E-state index in [4.69, 9.17) is 0 Å². The molecule has 1 saturated heterocycles. The molecule has 1 fully saturated rings. The van der Waals surface area contributed by atoms with Gasteiger partial charge in [-0.3, -0.25) is 4.79 Å². The minimum atomic E-state index is -3.77. The number of rotatable bonds is 4. The number of nitrogens with zero attached hydrogens (tertiary/aromatic N) is 4. The van der Waals surface area contributed by atoms with E-state index in [1.807, 2.05) is 25.1 Å². The van der Waals surface area contributed by atoms with Crippen LogP contribution >= 0.6 is 11.3 Å². The van der Waals surface area contributed by atoms with Gasteiger partial charge in [0.15, 0.2) is 0 Å². The zero-order valence-corrected chi connectivity index (χ0v) is 18.8. The number of thiophene rings is 1. The number of aryl methyl sites for hydroxylation is 3. The Morgan fingerprint density at radius 2 is 1.77 bits per heavy atom. The zero-order valence-electron chi connectivity index (χ0n) is 17.2. The van der Waals surface area contributed by atoms with Gasteiger partial charge >= 0.3 is 0 Å². The van der Waals surface area contributed by atoms with Crippen molar-refractivity contribution in [3.8, 4) is 0 Å². The van der Waals surface area contributed by atoms with Crippen LogP contribution in [-0.2, 0) is 10.0 Å². The molecule has 3 aromatic rings. The molecule has 4 rings (SSSR count). The molecule has 0 aliphatic carbocycles. The average molecular weight is 445 g/mol. The fourth-order valence-corrected chi connectivity index (χ4v) is 6.48. The zero-order chi connectivity index (χ0) is 21.5. The molecule has 1 aliphatic rings. The standard InChI is InChI=1S/C21H24N4O3S2/c1-15-5-4-6-18(13-15)23-8-10-24(11-9-23)30(27,28)19-7-12-29-20(19)21(26)25-17(3)14-16(2)22-25/h4-7,12-14H,8-11H2,1-3H3. The van der Waals surface area contributed by atoms with E-state index >= 15 is 0 Å². The van der Waals surface area contributed by atoms with Crippen molar-refractivity contribution < 1.29 is 13.2 Å². The third-order valence-electron chi connectivity index (χ3n) is 5.25. The molecular formula is C21H24N4O3S2. The van der Waals surface area contributed by atoms with Crippen molar-refractivity contribution in [3.05, 3.63) is 63.6 Å². The molecule has 0 spiro atoms. The Balaban J connectivity index is 1.55. The number of hydrogen-bond acceptors (Lipinski definition) is 6. The average Bonchev–Trinajstić information content (AvgIpc) is 3.34. The van der Waals surface area contributed by atoms with Crippen LogP contribution in [0.3, 0.4) is 0 Å². The summed E-state index contributed by atoms with van der Waals surface area (Å²) in [5, 5.41) is 5.86. The smallest absolute Gasteiger partial charge is 0.289 e. The summed E-state index contributed by atoms with van der Waals surface area (Å²) in [6.07, 6.45) is 0. The molecule has 2 aromatic heterocycles. The maximum atomic E-state index is 13.3. The molecule has 0 amide bonds. The lowest BCUT2D eigenvalue weighted by Crippen LogP contribution is -2.48. The normalized spacial score (nSPS) is 15.5. The number of hydrogen-bond donors (Lipinski definition) is 0. The van der Waals surface area contributed by atoms with Gasteiger partial charge in [0, 0.05) is 37.6 Å². The summed E-state index contributed by atoms with van der Waals surface area (Å²) in [6, 6.07) is 11.5. The fourth-order valence-electron chi connectivity index (χ4n) is 3.74. The largest absolute Gasteiger partial charge is 0.369 e. The van der Waals surface area contributed by atoms with Gasteiger partial charge in [0.2, 0.25) is 10.0 Å². The molecule has 1 aliphatic heterocycles. The molecular weight excluding hydrogens is 420 g/mol. The number of anilines is 1. The Morgan fingerprint density at radius 1 is 1.03 bits per heavy atom. The second-order valence-corrected chi connectivity index (χ2v) is 10.3. The number of benzene rings is 1. The van der Waals surface area contributed by atoms with E-state index in [9.17, 15) is 13.2 Å². The summed E-state index contributed by atoms with van der Waals surface area (Å²) in [7, 11) is -3.77. The molecule has 0 N–H and O–H groups in total.